The SMILES string of the molecule is O=C(c1cc(O)ccc1Cl)N1CCC[C@]2(CCS(=O)(=O)C2)C1. The minimum absolute atomic E-state index is 0.0112. The molecule has 22 heavy (non-hydrogen) atoms. The van der Waals surface area contributed by atoms with E-state index in [2.05, 4.69) is 0 Å². The molecule has 7 heteroatoms. The number of halogens is 1. The molecule has 1 aromatic carbocycles. The molecule has 0 radical (unpaired) electrons. The molecule has 1 spiro atoms. The maximum absolute atomic E-state index is 12.7. The van der Waals surface area contributed by atoms with Crippen molar-refractivity contribution in [2.75, 3.05) is 24.6 Å². The van der Waals surface area contributed by atoms with Crippen LogP contribution in [0.4, 0.5) is 0 Å². The van der Waals surface area contributed by atoms with Gasteiger partial charge in [-0.1, -0.05) is 11.6 Å². The number of piperidine rings is 1. The molecular formula is C15H18ClNO4S. The average molecular weight is 344 g/mol. The van der Waals surface area contributed by atoms with E-state index in [4.69, 9.17) is 11.6 Å². The lowest BCUT2D eigenvalue weighted by Crippen LogP contribution is -2.46. The number of carbonyl (C=O) groups is 1. The van der Waals surface area contributed by atoms with Gasteiger partial charge in [0.2, 0.25) is 0 Å². The van der Waals surface area contributed by atoms with E-state index in [-0.39, 0.29) is 34.1 Å². The van der Waals surface area contributed by atoms with Gasteiger partial charge in [-0.3, -0.25) is 4.79 Å². The Morgan fingerprint density at radius 1 is 1.32 bits per heavy atom. The van der Waals surface area contributed by atoms with Crippen LogP contribution in [0.15, 0.2) is 18.2 Å². The molecule has 2 fully saturated rings. The zero-order chi connectivity index (χ0) is 16.0. The molecule has 1 amide bonds. The lowest BCUT2D eigenvalue weighted by molar-refractivity contribution is 0.0564. The number of rotatable bonds is 1. The third kappa shape index (κ3) is 2.94. The second kappa shape index (κ2) is 5.42. The average Bonchev–Trinajstić information content (AvgIpc) is 2.75. The number of hydrogen-bond donors (Lipinski definition) is 1. The molecule has 0 aromatic heterocycles. The number of carbonyl (C=O) groups excluding carboxylic acids is 1. The van der Waals surface area contributed by atoms with Crippen LogP contribution in [0, 0.1) is 5.41 Å². The van der Waals surface area contributed by atoms with Gasteiger partial charge >= 0.3 is 0 Å². The Hall–Kier alpha value is -1.27. The predicted octanol–water partition coefficient (Wildman–Crippen LogP) is 2.09. The van der Waals surface area contributed by atoms with Crippen molar-refractivity contribution in [2.45, 2.75) is 19.3 Å². The molecule has 1 aromatic rings. The van der Waals surface area contributed by atoms with Crippen LogP contribution in [0.2, 0.25) is 5.02 Å². The van der Waals surface area contributed by atoms with Crippen molar-refractivity contribution in [2.24, 2.45) is 5.41 Å². The first kappa shape index (κ1) is 15.6. The summed E-state index contributed by atoms with van der Waals surface area (Å²) >= 11 is 6.05. The summed E-state index contributed by atoms with van der Waals surface area (Å²) in [5.74, 6) is 0.117. The first-order chi connectivity index (χ1) is 10.3. The van der Waals surface area contributed by atoms with Crippen molar-refractivity contribution in [3.63, 3.8) is 0 Å². The Morgan fingerprint density at radius 3 is 2.77 bits per heavy atom. The van der Waals surface area contributed by atoms with E-state index in [0.29, 0.717) is 24.5 Å². The van der Waals surface area contributed by atoms with E-state index >= 15 is 0 Å². The first-order valence-corrected chi connectivity index (χ1v) is 9.49. The lowest BCUT2D eigenvalue weighted by Gasteiger charge is -2.39. The molecule has 0 bridgehead atoms. The highest BCUT2D eigenvalue weighted by molar-refractivity contribution is 7.91. The summed E-state index contributed by atoms with van der Waals surface area (Å²) in [6, 6.07) is 4.28. The van der Waals surface area contributed by atoms with Crippen molar-refractivity contribution in [1.29, 1.82) is 0 Å². The Morgan fingerprint density at radius 2 is 2.09 bits per heavy atom. The van der Waals surface area contributed by atoms with Crippen LogP contribution in [-0.2, 0) is 9.84 Å². The van der Waals surface area contributed by atoms with E-state index in [1.165, 1.54) is 18.2 Å². The number of likely N-dealkylation sites (tertiary alicyclic amines) is 1. The van der Waals surface area contributed by atoms with Crippen molar-refractivity contribution in [3.8, 4) is 5.75 Å². The number of amides is 1. The zero-order valence-electron chi connectivity index (χ0n) is 12.1. The normalized spacial score (nSPS) is 27.2. The van der Waals surface area contributed by atoms with Gasteiger partial charge < -0.3 is 10.0 Å². The van der Waals surface area contributed by atoms with Gasteiger partial charge in [-0.05, 0) is 37.5 Å². The summed E-state index contributed by atoms with van der Waals surface area (Å²) < 4.78 is 23.6. The predicted molar refractivity (Wildman–Crippen MR) is 84.0 cm³/mol. The molecule has 120 valence electrons. The van der Waals surface area contributed by atoms with E-state index in [9.17, 15) is 18.3 Å². The topological polar surface area (TPSA) is 74.7 Å². The van der Waals surface area contributed by atoms with Gasteiger partial charge in [-0.25, -0.2) is 8.42 Å². The highest BCUT2D eigenvalue weighted by atomic mass is 35.5. The number of benzene rings is 1. The second-order valence-electron chi connectivity index (χ2n) is 6.34. The highest BCUT2D eigenvalue weighted by Crippen LogP contribution is 2.40. The summed E-state index contributed by atoms with van der Waals surface area (Å²) in [6.45, 7) is 1.03. The quantitative estimate of drug-likeness (QED) is 0.847. The molecule has 2 heterocycles. The molecule has 0 aliphatic carbocycles. The Kier molecular flexibility index (Phi) is 3.85. The van der Waals surface area contributed by atoms with Gasteiger partial charge in [0.15, 0.2) is 9.84 Å². The lowest BCUT2D eigenvalue weighted by atomic mass is 9.79. The maximum Gasteiger partial charge on any atom is 0.255 e. The van der Waals surface area contributed by atoms with E-state index in [0.717, 1.165) is 12.8 Å². The van der Waals surface area contributed by atoms with E-state index in [1.807, 2.05) is 0 Å². The minimum Gasteiger partial charge on any atom is -0.508 e. The summed E-state index contributed by atoms with van der Waals surface area (Å²) in [6.07, 6.45) is 2.24. The number of aromatic hydroxyl groups is 1. The van der Waals surface area contributed by atoms with Gasteiger partial charge in [0.25, 0.3) is 5.91 Å². The van der Waals surface area contributed by atoms with Gasteiger partial charge in [0.1, 0.15) is 5.75 Å². The van der Waals surface area contributed by atoms with Gasteiger partial charge in [0, 0.05) is 18.5 Å². The molecule has 0 unspecified atom stereocenters. The number of hydrogen-bond acceptors (Lipinski definition) is 4. The van der Waals surface area contributed by atoms with E-state index in [1.54, 1.807) is 4.90 Å². The van der Waals surface area contributed by atoms with Crippen molar-refractivity contribution < 1.29 is 18.3 Å². The molecule has 3 rings (SSSR count). The summed E-state index contributed by atoms with van der Waals surface area (Å²) in [5, 5.41) is 9.84. The summed E-state index contributed by atoms with van der Waals surface area (Å²) in [5.41, 5.74) is -0.0460. The third-order valence-electron chi connectivity index (χ3n) is 4.60. The van der Waals surface area contributed by atoms with Crippen LogP contribution >= 0.6 is 11.6 Å². The summed E-state index contributed by atoms with van der Waals surface area (Å²) in [4.78, 5) is 14.3. The summed E-state index contributed by atoms with van der Waals surface area (Å²) in [7, 11) is -2.99. The smallest absolute Gasteiger partial charge is 0.255 e. The Labute approximate surface area is 134 Å². The Bertz CT molecular complexity index is 718. The van der Waals surface area contributed by atoms with Crippen LogP contribution in [0.25, 0.3) is 0 Å². The molecule has 2 aliphatic heterocycles. The Balaban J connectivity index is 1.83. The number of sulfone groups is 1. The molecular weight excluding hydrogens is 326 g/mol. The fourth-order valence-corrected chi connectivity index (χ4v) is 5.93. The molecule has 5 nitrogen and oxygen atoms in total. The van der Waals surface area contributed by atoms with Crippen molar-refractivity contribution >= 4 is 27.3 Å². The first-order valence-electron chi connectivity index (χ1n) is 7.29. The molecule has 2 aliphatic rings. The molecule has 0 saturated carbocycles. The van der Waals surface area contributed by atoms with Gasteiger partial charge in [0.05, 0.1) is 22.1 Å². The number of phenolic OH excluding ortho intramolecular Hbond substituents is 1. The van der Waals surface area contributed by atoms with Crippen LogP contribution in [0.5, 0.6) is 5.75 Å². The molecule has 2 saturated heterocycles. The number of phenols is 1. The van der Waals surface area contributed by atoms with Crippen LogP contribution in [0.1, 0.15) is 29.6 Å². The fraction of sp³-hybridized carbons (Fsp3) is 0.533. The van der Waals surface area contributed by atoms with Crippen LogP contribution < -0.4 is 0 Å². The largest absolute Gasteiger partial charge is 0.508 e. The van der Waals surface area contributed by atoms with Gasteiger partial charge in [-0.15, -0.1) is 0 Å². The molecule has 1 atom stereocenters. The second-order valence-corrected chi connectivity index (χ2v) is 8.93. The van der Waals surface area contributed by atoms with Gasteiger partial charge in [-0.2, -0.15) is 0 Å². The zero-order valence-corrected chi connectivity index (χ0v) is 13.7. The standard InChI is InChI=1S/C15H18ClNO4S/c16-13-3-2-11(18)8-12(13)14(19)17-6-1-4-15(9-17)5-7-22(20,21)10-15/h2-3,8,18H,1,4-7,9-10H2/t15-/m0/s1. The third-order valence-corrected chi connectivity index (χ3v) is 6.81. The monoisotopic (exact) mass is 343 g/mol. The molecule has 1 N–H and O–H groups in total. The number of nitrogens with zero attached hydrogens (tertiary/aromatic N) is 1. The van der Waals surface area contributed by atoms with Crippen molar-refractivity contribution in [3.05, 3.63) is 28.8 Å². The van der Waals surface area contributed by atoms with E-state index < -0.39 is 9.84 Å². The highest BCUT2D eigenvalue weighted by Gasteiger charge is 2.45. The maximum atomic E-state index is 12.7. The van der Waals surface area contributed by atoms with Crippen molar-refractivity contribution in [1.82, 2.24) is 4.90 Å². The van der Waals surface area contributed by atoms with Crippen LogP contribution in [-0.4, -0.2) is 48.9 Å². The van der Waals surface area contributed by atoms with Crippen LogP contribution in [0.3, 0.4) is 0 Å². The minimum atomic E-state index is -2.99. The fourth-order valence-electron chi connectivity index (χ4n) is 3.53.